The summed E-state index contributed by atoms with van der Waals surface area (Å²) in [5.74, 6) is 0.780. The number of nitrogens with one attached hydrogen (secondary N) is 1. The molecule has 1 saturated carbocycles. The van der Waals surface area contributed by atoms with E-state index in [0.717, 1.165) is 31.5 Å². The third kappa shape index (κ3) is 6.39. The average Bonchev–Trinajstić information content (AvgIpc) is 3.23. The first-order valence-corrected chi connectivity index (χ1v) is 16.0. The van der Waals surface area contributed by atoms with Crippen LogP contribution in [0.5, 0.6) is 0 Å². The van der Waals surface area contributed by atoms with E-state index in [1.807, 2.05) is 37.4 Å². The van der Waals surface area contributed by atoms with Gasteiger partial charge in [-0.2, -0.15) is 4.31 Å². The maximum Gasteiger partial charge on any atom is 0.407 e. The molecule has 3 heterocycles. The van der Waals surface area contributed by atoms with Crippen LogP contribution < -0.4 is 11.1 Å². The van der Waals surface area contributed by atoms with Crippen LogP contribution in [-0.4, -0.2) is 88.1 Å². The van der Waals surface area contributed by atoms with E-state index < -0.39 is 16.1 Å². The van der Waals surface area contributed by atoms with Crippen molar-refractivity contribution >= 4 is 21.8 Å². The monoisotopic (exact) mass is 584 g/mol. The van der Waals surface area contributed by atoms with Gasteiger partial charge in [-0.15, -0.1) is 0 Å². The fourth-order valence-corrected chi connectivity index (χ4v) is 8.33. The Labute approximate surface area is 242 Å². The number of hydrogen-bond donors (Lipinski definition) is 2. The normalized spacial score (nSPS) is 28.4. The van der Waals surface area contributed by atoms with Crippen molar-refractivity contribution in [1.82, 2.24) is 14.5 Å². The number of ether oxygens (including phenoxy) is 3. The van der Waals surface area contributed by atoms with Crippen molar-refractivity contribution in [1.29, 1.82) is 0 Å². The minimum Gasteiger partial charge on any atom is -0.443 e. The highest BCUT2D eigenvalue weighted by Gasteiger charge is 2.53. The van der Waals surface area contributed by atoms with Crippen LogP contribution in [0.2, 0.25) is 0 Å². The highest BCUT2D eigenvalue weighted by molar-refractivity contribution is 7.89. The number of anilines is 1. The Kier molecular flexibility index (Phi) is 8.24. The predicted octanol–water partition coefficient (Wildman–Crippen LogP) is 2.70. The van der Waals surface area contributed by atoms with Crippen LogP contribution in [0.1, 0.15) is 24.8 Å². The van der Waals surface area contributed by atoms with Gasteiger partial charge in [0.15, 0.2) is 6.29 Å². The van der Waals surface area contributed by atoms with Gasteiger partial charge in [-0.1, -0.05) is 30.3 Å². The molecule has 4 aliphatic rings. The van der Waals surface area contributed by atoms with Crippen LogP contribution in [-0.2, 0) is 30.7 Å². The minimum atomic E-state index is -3.75. The van der Waals surface area contributed by atoms with Crippen molar-refractivity contribution in [2.45, 2.75) is 55.1 Å². The second-order valence-electron chi connectivity index (χ2n) is 12.1. The summed E-state index contributed by atoms with van der Waals surface area (Å²) in [5, 5.41) is 3.07. The van der Waals surface area contributed by atoms with Gasteiger partial charge in [0.1, 0.15) is 6.10 Å². The summed E-state index contributed by atoms with van der Waals surface area (Å²) in [7, 11) is -1.72. The van der Waals surface area contributed by atoms with Gasteiger partial charge in [0.2, 0.25) is 10.0 Å². The van der Waals surface area contributed by atoms with E-state index in [2.05, 4.69) is 10.2 Å². The smallest absolute Gasteiger partial charge is 0.407 e. The molecule has 0 radical (unpaired) electrons. The third-order valence-electron chi connectivity index (χ3n) is 8.88. The Morgan fingerprint density at radius 1 is 1.12 bits per heavy atom. The quantitative estimate of drug-likeness (QED) is 0.387. The Bertz CT molecular complexity index is 1300. The van der Waals surface area contributed by atoms with Crippen LogP contribution in [0.3, 0.4) is 0 Å². The largest absolute Gasteiger partial charge is 0.443 e. The first-order valence-electron chi connectivity index (χ1n) is 14.6. The van der Waals surface area contributed by atoms with E-state index in [9.17, 15) is 13.2 Å². The summed E-state index contributed by atoms with van der Waals surface area (Å²) in [6.07, 6.45) is 1.63. The molecule has 0 spiro atoms. The minimum absolute atomic E-state index is 0.134. The number of likely N-dealkylation sites (tertiary alicyclic amines) is 1. The van der Waals surface area contributed by atoms with E-state index in [0.29, 0.717) is 37.6 Å². The fourth-order valence-electron chi connectivity index (χ4n) is 6.80. The van der Waals surface area contributed by atoms with Crippen LogP contribution in [0.4, 0.5) is 10.5 Å². The van der Waals surface area contributed by atoms with Crippen LogP contribution in [0.25, 0.3) is 0 Å². The van der Waals surface area contributed by atoms with Gasteiger partial charge < -0.3 is 30.2 Å². The summed E-state index contributed by atoms with van der Waals surface area (Å²) in [4.78, 5) is 15.6. The lowest BCUT2D eigenvalue weighted by molar-refractivity contribution is -0.153. The van der Waals surface area contributed by atoms with Gasteiger partial charge in [-0.3, -0.25) is 0 Å². The number of nitrogen functional groups attached to an aromatic ring is 1. The molecule has 1 amide bonds. The standard InChI is InChI=1S/C30H40N4O6S/c1-33-16-21(17-33)18-34(41(36,37)26-9-7-24(31)8-10-26)12-11-25(13-20-5-3-2-4-6-20)32-30(35)40-28-23-14-22-15-27(28)39-29(22)38-19-23/h2-10,21-23,25,27-29H,11-19,31H2,1H3,(H,32,35). The maximum absolute atomic E-state index is 13.7. The maximum atomic E-state index is 13.7. The Balaban J connectivity index is 1.16. The molecule has 222 valence electrons. The molecule has 6 atom stereocenters. The highest BCUT2D eigenvalue weighted by Crippen LogP contribution is 2.46. The van der Waals surface area contributed by atoms with Gasteiger partial charge in [-0.25, -0.2) is 13.2 Å². The molecule has 3 aliphatic heterocycles. The van der Waals surface area contributed by atoms with Gasteiger partial charge in [0, 0.05) is 49.7 Å². The molecular formula is C30H40N4O6S. The molecular weight excluding hydrogens is 544 g/mol. The van der Waals surface area contributed by atoms with E-state index in [-0.39, 0.29) is 47.8 Å². The summed E-state index contributed by atoms with van der Waals surface area (Å²) >= 11 is 0. The molecule has 4 fully saturated rings. The first kappa shape index (κ1) is 28.4. The molecule has 2 aromatic carbocycles. The van der Waals surface area contributed by atoms with Crippen molar-refractivity contribution in [2.24, 2.45) is 17.8 Å². The molecule has 3 N–H and O–H groups in total. The molecule has 3 saturated heterocycles. The topological polar surface area (TPSA) is 123 Å². The zero-order valence-electron chi connectivity index (χ0n) is 23.4. The van der Waals surface area contributed by atoms with Crippen LogP contribution >= 0.6 is 0 Å². The molecule has 6 rings (SSSR count). The molecule has 3 bridgehead atoms. The van der Waals surface area contributed by atoms with E-state index in [4.69, 9.17) is 19.9 Å². The zero-order chi connectivity index (χ0) is 28.6. The van der Waals surface area contributed by atoms with Crippen molar-refractivity contribution in [3.8, 4) is 0 Å². The number of sulfonamides is 1. The predicted molar refractivity (Wildman–Crippen MR) is 153 cm³/mol. The highest BCUT2D eigenvalue weighted by atomic mass is 32.2. The Morgan fingerprint density at radius 3 is 2.61 bits per heavy atom. The number of alkyl carbamates (subject to hydrolysis) is 1. The van der Waals surface area contributed by atoms with Gasteiger partial charge >= 0.3 is 6.09 Å². The molecule has 41 heavy (non-hydrogen) atoms. The zero-order valence-corrected chi connectivity index (χ0v) is 24.2. The lowest BCUT2D eigenvalue weighted by Gasteiger charge is -2.39. The lowest BCUT2D eigenvalue weighted by Crippen LogP contribution is -2.51. The molecule has 10 nitrogen and oxygen atoms in total. The molecule has 6 unspecified atom stereocenters. The summed E-state index contributed by atoms with van der Waals surface area (Å²) in [6, 6.07) is 15.9. The van der Waals surface area contributed by atoms with Gasteiger partial charge in [-0.05, 0) is 68.5 Å². The van der Waals surface area contributed by atoms with E-state index in [1.54, 1.807) is 28.6 Å². The Hall–Kier alpha value is -2.70. The second kappa shape index (κ2) is 11.9. The second-order valence-corrected chi connectivity index (χ2v) is 14.0. The number of hydrogen-bond acceptors (Lipinski definition) is 8. The number of carbonyl (C=O) groups is 1. The number of nitrogens with two attached hydrogens (primary N) is 1. The molecule has 11 heteroatoms. The number of amides is 1. The van der Waals surface area contributed by atoms with Crippen molar-refractivity contribution in [3.05, 3.63) is 60.2 Å². The molecule has 2 aromatic rings. The summed E-state index contributed by atoms with van der Waals surface area (Å²) in [6.45, 7) is 2.92. The number of rotatable bonds is 11. The molecule has 0 aromatic heterocycles. The lowest BCUT2D eigenvalue weighted by atomic mass is 9.78. The first-order chi connectivity index (χ1) is 19.7. The van der Waals surface area contributed by atoms with E-state index in [1.165, 1.54) is 0 Å². The number of fused-ring (bicyclic) bond motifs is 2. The van der Waals surface area contributed by atoms with E-state index >= 15 is 0 Å². The Morgan fingerprint density at radius 2 is 1.88 bits per heavy atom. The SMILES string of the molecule is CN1CC(CN(CCC(Cc2ccccc2)NC(=O)OC2C3COC4OC2CC4C3)S(=O)(=O)c2ccc(N)cc2)C1. The third-order valence-corrected chi connectivity index (χ3v) is 10.8. The van der Waals surface area contributed by atoms with Crippen molar-refractivity contribution in [3.63, 3.8) is 0 Å². The molecule has 1 aliphatic carbocycles. The van der Waals surface area contributed by atoms with Crippen LogP contribution in [0.15, 0.2) is 59.5 Å². The number of benzene rings is 2. The summed E-state index contributed by atoms with van der Waals surface area (Å²) < 4.78 is 46.8. The summed E-state index contributed by atoms with van der Waals surface area (Å²) in [5.41, 5.74) is 7.38. The fraction of sp³-hybridized carbons (Fsp3) is 0.567. The van der Waals surface area contributed by atoms with Crippen molar-refractivity contribution in [2.75, 3.05) is 45.6 Å². The number of nitrogens with zero attached hydrogens (tertiary/aromatic N) is 2. The van der Waals surface area contributed by atoms with Crippen LogP contribution in [0, 0.1) is 17.8 Å². The van der Waals surface area contributed by atoms with Crippen molar-refractivity contribution < 1.29 is 27.4 Å². The number of carbonyl (C=O) groups excluding carboxylic acids is 1. The van der Waals surface area contributed by atoms with Gasteiger partial charge in [0.05, 0.1) is 17.6 Å². The van der Waals surface area contributed by atoms with Gasteiger partial charge in [0.25, 0.3) is 0 Å². The average molecular weight is 585 g/mol.